The molecule has 0 spiro atoms. The minimum atomic E-state index is -0.581. The van der Waals surface area contributed by atoms with E-state index >= 15 is 0 Å². The average molecular weight is 353 g/mol. The molecule has 2 atom stereocenters. The molecule has 0 aromatic heterocycles. The molecule has 7 heteroatoms. The van der Waals surface area contributed by atoms with Crippen LogP contribution < -0.4 is 21.7 Å². The summed E-state index contributed by atoms with van der Waals surface area (Å²) >= 11 is 0. The molecule has 0 aliphatic carbocycles. The molecule has 5 N–H and O–H groups in total. The zero-order chi connectivity index (χ0) is 16.2. The first-order chi connectivity index (χ1) is 11.1. The molecule has 6 nitrogen and oxygen atoms in total. The fraction of sp³-hybridized carbons (Fsp3) is 0.529. The molecule has 2 saturated heterocycles. The Hall–Kier alpha value is -1.79. The van der Waals surface area contributed by atoms with Crippen LogP contribution in [0.2, 0.25) is 0 Å². The Bertz CT molecular complexity index is 566. The summed E-state index contributed by atoms with van der Waals surface area (Å²) in [5, 5.41) is 9.10. The van der Waals surface area contributed by atoms with Crippen molar-refractivity contribution in [3.8, 4) is 0 Å². The van der Waals surface area contributed by atoms with E-state index in [2.05, 4.69) is 16.0 Å². The van der Waals surface area contributed by atoms with Gasteiger partial charge < -0.3 is 21.7 Å². The number of carbonyl (C=O) groups is 2. The monoisotopic (exact) mass is 352 g/mol. The minimum absolute atomic E-state index is 0. The van der Waals surface area contributed by atoms with Gasteiger partial charge in [0.15, 0.2) is 0 Å². The highest BCUT2D eigenvalue weighted by molar-refractivity contribution is 5.87. The number of halogens is 1. The maximum atomic E-state index is 12.1. The molecule has 1 aromatic carbocycles. The average Bonchev–Trinajstić information content (AvgIpc) is 2.85. The molecule has 2 fully saturated rings. The van der Waals surface area contributed by atoms with E-state index in [1.165, 1.54) is 12.8 Å². The van der Waals surface area contributed by atoms with Crippen LogP contribution in [-0.2, 0) is 11.3 Å². The summed E-state index contributed by atoms with van der Waals surface area (Å²) in [5.74, 6) is 0.631. The number of benzene rings is 1. The first-order valence-electron chi connectivity index (χ1n) is 8.26. The van der Waals surface area contributed by atoms with Gasteiger partial charge in [0.1, 0.15) is 0 Å². The summed E-state index contributed by atoms with van der Waals surface area (Å²) in [6.07, 6.45) is 5.38. The standard InChI is InChI=1S/C17H24N4O2.ClH/c18-17(23)21-13-3-1-11(2-4-13)10-19-16(22)9-12-7-14-5-6-15(8-12)20-14;/h1-4,12,14-15,20H,5-10H2,(H,19,22)(H3,18,21,23);1H. The van der Waals surface area contributed by atoms with Gasteiger partial charge in [0.2, 0.25) is 5.91 Å². The van der Waals surface area contributed by atoms with Gasteiger partial charge in [-0.3, -0.25) is 4.79 Å². The summed E-state index contributed by atoms with van der Waals surface area (Å²) in [6, 6.07) is 7.95. The molecule has 2 heterocycles. The number of piperidine rings is 1. The van der Waals surface area contributed by atoms with Gasteiger partial charge in [0.05, 0.1) is 0 Å². The molecule has 3 rings (SSSR count). The topological polar surface area (TPSA) is 96.2 Å². The minimum Gasteiger partial charge on any atom is -0.352 e. The van der Waals surface area contributed by atoms with Gasteiger partial charge in [-0.15, -0.1) is 12.4 Å². The number of amides is 3. The number of anilines is 1. The number of nitrogens with one attached hydrogen (secondary N) is 3. The lowest BCUT2D eigenvalue weighted by Gasteiger charge is -2.28. The lowest BCUT2D eigenvalue weighted by atomic mass is 9.89. The molecule has 24 heavy (non-hydrogen) atoms. The second-order valence-electron chi connectivity index (χ2n) is 6.64. The van der Waals surface area contributed by atoms with Crippen molar-refractivity contribution >= 4 is 30.0 Å². The Morgan fingerprint density at radius 2 is 1.75 bits per heavy atom. The first kappa shape index (κ1) is 18.5. The third-order valence-electron chi connectivity index (χ3n) is 4.76. The largest absolute Gasteiger partial charge is 0.352 e. The normalized spacial score (nSPS) is 24.8. The number of nitrogens with two attached hydrogens (primary N) is 1. The molecule has 2 bridgehead atoms. The Kier molecular flexibility index (Phi) is 6.45. The van der Waals surface area contributed by atoms with Crippen molar-refractivity contribution in [3.05, 3.63) is 29.8 Å². The number of carbonyl (C=O) groups excluding carboxylic acids is 2. The molecular formula is C17H25ClN4O2. The molecule has 2 aliphatic heterocycles. The van der Waals surface area contributed by atoms with Crippen LogP contribution in [0.4, 0.5) is 10.5 Å². The molecule has 3 amide bonds. The summed E-state index contributed by atoms with van der Waals surface area (Å²) < 4.78 is 0. The summed E-state index contributed by atoms with van der Waals surface area (Å²) in [6.45, 7) is 0.507. The summed E-state index contributed by atoms with van der Waals surface area (Å²) in [7, 11) is 0. The van der Waals surface area contributed by atoms with Crippen LogP contribution in [0.5, 0.6) is 0 Å². The lowest BCUT2D eigenvalue weighted by Crippen LogP contribution is -2.39. The predicted octanol–water partition coefficient (Wildman–Crippen LogP) is 2.14. The number of primary amides is 1. The second kappa shape index (κ2) is 8.35. The number of hydrogen-bond donors (Lipinski definition) is 4. The molecule has 2 unspecified atom stereocenters. The Balaban J connectivity index is 0.00000208. The Morgan fingerprint density at radius 3 is 2.33 bits per heavy atom. The van der Waals surface area contributed by atoms with Crippen LogP contribution in [0, 0.1) is 5.92 Å². The zero-order valence-corrected chi connectivity index (χ0v) is 14.4. The number of hydrogen-bond acceptors (Lipinski definition) is 3. The van der Waals surface area contributed by atoms with E-state index in [-0.39, 0.29) is 18.3 Å². The summed E-state index contributed by atoms with van der Waals surface area (Å²) in [5.41, 5.74) is 6.71. The van der Waals surface area contributed by atoms with Crippen molar-refractivity contribution in [1.82, 2.24) is 10.6 Å². The van der Waals surface area contributed by atoms with E-state index in [0.29, 0.717) is 36.7 Å². The molecule has 2 aliphatic rings. The van der Waals surface area contributed by atoms with Crippen molar-refractivity contribution in [2.75, 3.05) is 5.32 Å². The van der Waals surface area contributed by atoms with Crippen LogP contribution in [0.3, 0.4) is 0 Å². The van der Waals surface area contributed by atoms with Crippen molar-refractivity contribution < 1.29 is 9.59 Å². The highest BCUT2D eigenvalue weighted by atomic mass is 35.5. The van der Waals surface area contributed by atoms with E-state index in [9.17, 15) is 9.59 Å². The van der Waals surface area contributed by atoms with Gasteiger partial charge in [-0.1, -0.05) is 12.1 Å². The van der Waals surface area contributed by atoms with Gasteiger partial charge in [0.25, 0.3) is 0 Å². The van der Waals surface area contributed by atoms with Crippen molar-refractivity contribution in [1.29, 1.82) is 0 Å². The van der Waals surface area contributed by atoms with E-state index < -0.39 is 6.03 Å². The molecular weight excluding hydrogens is 328 g/mol. The van der Waals surface area contributed by atoms with Gasteiger partial charge >= 0.3 is 6.03 Å². The van der Waals surface area contributed by atoms with Crippen LogP contribution in [0.1, 0.15) is 37.7 Å². The molecule has 1 aromatic rings. The zero-order valence-electron chi connectivity index (χ0n) is 13.6. The first-order valence-corrected chi connectivity index (χ1v) is 8.26. The maximum absolute atomic E-state index is 12.1. The Morgan fingerprint density at radius 1 is 1.12 bits per heavy atom. The smallest absolute Gasteiger partial charge is 0.316 e. The van der Waals surface area contributed by atoms with Crippen LogP contribution in [0.15, 0.2) is 24.3 Å². The maximum Gasteiger partial charge on any atom is 0.316 e. The van der Waals surface area contributed by atoms with Crippen LogP contribution >= 0.6 is 12.4 Å². The number of rotatable bonds is 5. The fourth-order valence-electron chi connectivity index (χ4n) is 3.72. The van der Waals surface area contributed by atoms with E-state index in [1.54, 1.807) is 12.1 Å². The fourth-order valence-corrected chi connectivity index (χ4v) is 3.72. The van der Waals surface area contributed by atoms with E-state index in [1.807, 2.05) is 12.1 Å². The Labute approximate surface area is 148 Å². The number of urea groups is 1. The SMILES string of the molecule is Cl.NC(=O)Nc1ccc(CNC(=O)CC2CC3CCC(C2)N3)cc1. The van der Waals surface area contributed by atoms with Gasteiger partial charge in [0, 0.05) is 30.7 Å². The predicted molar refractivity (Wildman–Crippen MR) is 96.0 cm³/mol. The van der Waals surface area contributed by atoms with Gasteiger partial charge in [-0.2, -0.15) is 0 Å². The third-order valence-corrected chi connectivity index (χ3v) is 4.76. The van der Waals surface area contributed by atoms with Gasteiger partial charge in [-0.05, 0) is 49.3 Å². The van der Waals surface area contributed by atoms with Crippen molar-refractivity contribution in [2.24, 2.45) is 11.7 Å². The highest BCUT2D eigenvalue weighted by Crippen LogP contribution is 2.32. The summed E-state index contributed by atoms with van der Waals surface area (Å²) in [4.78, 5) is 22.9. The molecule has 132 valence electrons. The van der Waals surface area contributed by atoms with Crippen molar-refractivity contribution in [3.63, 3.8) is 0 Å². The van der Waals surface area contributed by atoms with E-state index in [4.69, 9.17) is 5.73 Å². The highest BCUT2D eigenvalue weighted by Gasteiger charge is 2.34. The molecule has 0 radical (unpaired) electrons. The third kappa shape index (κ3) is 5.11. The van der Waals surface area contributed by atoms with Crippen molar-refractivity contribution in [2.45, 2.75) is 50.7 Å². The molecule has 0 saturated carbocycles. The van der Waals surface area contributed by atoms with Crippen LogP contribution in [-0.4, -0.2) is 24.0 Å². The van der Waals surface area contributed by atoms with Crippen LogP contribution in [0.25, 0.3) is 0 Å². The quantitative estimate of drug-likeness (QED) is 0.653. The second-order valence-corrected chi connectivity index (χ2v) is 6.64. The number of fused-ring (bicyclic) bond motifs is 2. The van der Waals surface area contributed by atoms with Gasteiger partial charge in [-0.25, -0.2) is 4.79 Å². The van der Waals surface area contributed by atoms with E-state index in [0.717, 1.165) is 18.4 Å². The lowest BCUT2D eigenvalue weighted by molar-refractivity contribution is -0.122.